The van der Waals surface area contributed by atoms with Crippen molar-refractivity contribution in [3.05, 3.63) is 24.3 Å². The molecule has 0 radical (unpaired) electrons. The molecule has 0 heterocycles. The summed E-state index contributed by atoms with van der Waals surface area (Å²) in [6.07, 6.45) is 39.6. The highest BCUT2D eigenvalue weighted by Crippen LogP contribution is 2.43. The van der Waals surface area contributed by atoms with E-state index in [0.29, 0.717) is 30.3 Å². The summed E-state index contributed by atoms with van der Waals surface area (Å²) in [5.41, 5.74) is 0. The van der Waals surface area contributed by atoms with Crippen LogP contribution in [0.15, 0.2) is 24.3 Å². The maximum atomic E-state index is 12.7. The van der Waals surface area contributed by atoms with Crippen LogP contribution in [0.1, 0.15) is 219 Å². The number of aliphatic hydroxyl groups excluding tert-OH is 2. The second kappa shape index (κ2) is 42.1. The number of phosphoric acid groups is 1. The maximum Gasteiger partial charge on any atom is 0.472 e. The Morgan fingerprint density at radius 2 is 0.984 bits per heavy atom. The minimum atomic E-state index is -4.42. The quantitative estimate of drug-likeness (QED) is 0.0177. The Balaban J connectivity index is 4.33. The van der Waals surface area contributed by atoms with Crippen molar-refractivity contribution in [1.29, 1.82) is 0 Å². The van der Waals surface area contributed by atoms with E-state index >= 15 is 0 Å². The normalized spacial score (nSPS) is 14.6. The number of carbonyl (C=O) groups is 2. The SMILES string of the molecule is CCCCC/C=C\C[C@H](O)[C@@H](O)CCCCCCCC(=O)O[C@H](COC(=O)CCCCCCCCCCCCC/C=C\CCCCCCCC)COP(=O)(O)OCC[N+](C)(C)C. The molecule has 1 unspecified atom stereocenters. The zero-order valence-electron chi connectivity index (χ0n) is 40.6. The Hall–Kier alpha value is -1.59. The van der Waals surface area contributed by atoms with Gasteiger partial charge in [-0.3, -0.25) is 18.6 Å². The predicted molar refractivity (Wildman–Crippen MR) is 255 cm³/mol. The van der Waals surface area contributed by atoms with Crippen molar-refractivity contribution in [3.8, 4) is 0 Å². The molecule has 62 heavy (non-hydrogen) atoms. The molecule has 0 rings (SSSR count). The van der Waals surface area contributed by atoms with Gasteiger partial charge in [-0.25, -0.2) is 4.57 Å². The molecule has 12 heteroatoms. The number of nitrogens with zero attached hydrogens (tertiary/aromatic N) is 1. The molecule has 0 aliphatic heterocycles. The number of esters is 2. The van der Waals surface area contributed by atoms with E-state index in [-0.39, 0.29) is 26.1 Å². The standard InChI is InChI=1S/C50H96NO10P/c1-6-8-10-12-14-15-16-17-18-19-20-21-22-23-24-25-26-27-28-32-36-40-49(54)58-44-46(45-60-62(56,57)59-43-42-51(3,4)5)61-50(55)41-37-33-29-31-35-39-48(53)47(52)38-34-30-13-11-9-7-2/h17-18,30,34,46-48,52-53H,6-16,19-29,31-33,35-45H2,1-5H3/p+1/b18-17-,34-30-/t46-,47+,48+/m1/s1. The van der Waals surface area contributed by atoms with Crippen molar-refractivity contribution >= 4 is 19.8 Å². The van der Waals surface area contributed by atoms with Crippen molar-refractivity contribution in [2.75, 3.05) is 47.5 Å². The number of unbranched alkanes of at least 4 members (excludes halogenated alkanes) is 24. The van der Waals surface area contributed by atoms with E-state index in [1.54, 1.807) is 0 Å². The van der Waals surface area contributed by atoms with Crippen LogP contribution < -0.4 is 0 Å². The number of hydrogen-bond donors (Lipinski definition) is 3. The molecule has 0 fully saturated rings. The summed E-state index contributed by atoms with van der Waals surface area (Å²) in [6, 6.07) is 0. The van der Waals surface area contributed by atoms with E-state index in [1.807, 2.05) is 27.2 Å². The van der Waals surface area contributed by atoms with Gasteiger partial charge in [-0.1, -0.05) is 167 Å². The highest BCUT2D eigenvalue weighted by atomic mass is 31.2. The molecule has 0 saturated heterocycles. The third-order valence-electron chi connectivity index (χ3n) is 11.2. The number of phosphoric ester groups is 1. The first kappa shape index (κ1) is 60.4. The molecule has 0 aromatic rings. The van der Waals surface area contributed by atoms with Crippen molar-refractivity contribution in [3.63, 3.8) is 0 Å². The Labute approximate surface area is 380 Å². The Bertz CT molecular complexity index is 1140. The molecule has 0 aromatic heterocycles. The Morgan fingerprint density at radius 1 is 0.548 bits per heavy atom. The van der Waals surface area contributed by atoms with Gasteiger partial charge in [-0.05, 0) is 64.2 Å². The lowest BCUT2D eigenvalue weighted by Crippen LogP contribution is -2.37. The summed E-state index contributed by atoms with van der Waals surface area (Å²) in [5, 5.41) is 20.5. The average Bonchev–Trinajstić information content (AvgIpc) is 3.22. The monoisotopic (exact) mass is 903 g/mol. The number of rotatable bonds is 46. The summed E-state index contributed by atoms with van der Waals surface area (Å²) < 4.78 is 34.3. The van der Waals surface area contributed by atoms with Crippen LogP contribution in [0.4, 0.5) is 0 Å². The van der Waals surface area contributed by atoms with E-state index < -0.39 is 44.7 Å². The number of quaternary nitrogens is 1. The van der Waals surface area contributed by atoms with Gasteiger partial charge in [0.2, 0.25) is 0 Å². The van der Waals surface area contributed by atoms with Gasteiger partial charge in [0.25, 0.3) is 0 Å². The summed E-state index contributed by atoms with van der Waals surface area (Å²) in [6.45, 7) is 4.20. The highest BCUT2D eigenvalue weighted by Gasteiger charge is 2.27. The van der Waals surface area contributed by atoms with Crippen molar-refractivity contribution in [2.45, 2.75) is 238 Å². The van der Waals surface area contributed by atoms with Gasteiger partial charge in [-0.2, -0.15) is 0 Å². The third-order valence-corrected chi connectivity index (χ3v) is 12.1. The Morgan fingerprint density at radius 3 is 1.52 bits per heavy atom. The van der Waals surface area contributed by atoms with Crippen LogP contribution in [0.5, 0.6) is 0 Å². The molecule has 3 N–H and O–H groups in total. The molecule has 0 aliphatic carbocycles. The third kappa shape index (κ3) is 43.7. The lowest BCUT2D eigenvalue weighted by molar-refractivity contribution is -0.870. The van der Waals surface area contributed by atoms with E-state index in [4.69, 9.17) is 18.5 Å². The minimum absolute atomic E-state index is 0.00444. The first-order valence-corrected chi connectivity index (χ1v) is 26.7. The predicted octanol–water partition coefficient (Wildman–Crippen LogP) is 12.6. The first-order chi connectivity index (χ1) is 29.8. The molecule has 4 atom stereocenters. The average molecular weight is 903 g/mol. The number of allylic oxidation sites excluding steroid dienone is 3. The smallest absolute Gasteiger partial charge is 0.462 e. The van der Waals surface area contributed by atoms with Gasteiger partial charge in [0.05, 0.1) is 40.0 Å². The van der Waals surface area contributed by atoms with Gasteiger partial charge < -0.3 is 29.1 Å². The maximum absolute atomic E-state index is 12.7. The summed E-state index contributed by atoms with van der Waals surface area (Å²) in [7, 11) is 1.39. The van der Waals surface area contributed by atoms with Crippen LogP contribution in [0.3, 0.4) is 0 Å². The van der Waals surface area contributed by atoms with E-state index in [2.05, 4.69) is 32.1 Å². The topological polar surface area (TPSA) is 149 Å². The molecular formula is C50H97NO10P+. The summed E-state index contributed by atoms with van der Waals surface area (Å²) in [5.74, 6) is -0.904. The van der Waals surface area contributed by atoms with Gasteiger partial charge >= 0.3 is 19.8 Å². The molecule has 0 saturated carbocycles. The molecule has 0 aromatic carbocycles. The molecule has 0 bridgehead atoms. The molecule has 0 spiro atoms. The van der Waals surface area contributed by atoms with Gasteiger partial charge in [0.1, 0.15) is 19.8 Å². The highest BCUT2D eigenvalue weighted by molar-refractivity contribution is 7.47. The number of carbonyl (C=O) groups excluding carboxylic acids is 2. The molecule has 0 amide bonds. The number of likely N-dealkylation sites (N-methyl/N-ethyl adjacent to an activating group) is 1. The van der Waals surface area contributed by atoms with Crippen molar-refractivity contribution in [1.82, 2.24) is 0 Å². The van der Waals surface area contributed by atoms with Crippen LogP contribution >= 0.6 is 7.82 Å². The van der Waals surface area contributed by atoms with Crippen LogP contribution in [-0.4, -0.2) is 97.3 Å². The van der Waals surface area contributed by atoms with E-state index in [0.717, 1.165) is 64.2 Å². The van der Waals surface area contributed by atoms with Gasteiger partial charge in [0.15, 0.2) is 6.10 Å². The zero-order chi connectivity index (χ0) is 46.0. The first-order valence-electron chi connectivity index (χ1n) is 25.2. The summed E-state index contributed by atoms with van der Waals surface area (Å²) in [4.78, 5) is 35.5. The molecule has 0 aliphatic rings. The second-order valence-electron chi connectivity index (χ2n) is 18.5. The fourth-order valence-electron chi connectivity index (χ4n) is 7.03. The largest absolute Gasteiger partial charge is 0.472 e. The van der Waals surface area contributed by atoms with Crippen LogP contribution in [-0.2, 0) is 32.7 Å². The Kier molecular flexibility index (Phi) is 41.0. The van der Waals surface area contributed by atoms with Crippen LogP contribution in [0.2, 0.25) is 0 Å². The van der Waals surface area contributed by atoms with Crippen LogP contribution in [0.25, 0.3) is 0 Å². The fraction of sp³-hybridized carbons (Fsp3) is 0.880. The van der Waals surface area contributed by atoms with Gasteiger partial charge in [-0.15, -0.1) is 0 Å². The lowest BCUT2D eigenvalue weighted by atomic mass is 10.0. The van der Waals surface area contributed by atoms with E-state index in [9.17, 15) is 29.3 Å². The number of aliphatic hydroxyl groups is 2. The van der Waals surface area contributed by atoms with Crippen molar-refractivity contribution in [2.24, 2.45) is 0 Å². The summed E-state index contributed by atoms with van der Waals surface area (Å²) >= 11 is 0. The van der Waals surface area contributed by atoms with Crippen molar-refractivity contribution < 1.29 is 52.3 Å². The molecule has 366 valence electrons. The number of hydrogen-bond acceptors (Lipinski definition) is 9. The fourth-order valence-corrected chi connectivity index (χ4v) is 7.77. The number of ether oxygens (including phenoxy) is 2. The van der Waals surface area contributed by atoms with E-state index in [1.165, 1.54) is 109 Å². The molecular weight excluding hydrogens is 806 g/mol. The molecule has 11 nitrogen and oxygen atoms in total. The van der Waals surface area contributed by atoms with Gasteiger partial charge in [0, 0.05) is 12.8 Å². The minimum Gasteiger partial charge on any atom is -0.462 e. The zero-order valence-corrected chi connectivity index (χ0v) is 41.5. The second-order valence-corrected chi connectivity index (χ2v) is 20.0. The van der Waals surface area contributed by atoms with Crippen LogP contribution in [0, 0.1) is 0 Å². The lowest BCUT2D eigenvalue weighted by Gasteiger charge is -2.24.